The molecular weight excluding hydrogens is 646 g/mol. The summed E-state index contributed by atoms with van der Waals surface area (Å²) in [5.41, 5.74) is 3.98. The van der Waals surface area contributed by atoms with Crippen LogP contribution in [-0.2, 0) is 38.3 Å². The first-order chi connectivity index (χ1) is 21.9. The van der Waals surface area contributed by atoms with Crippen molar-refractivity contribution in [2.75, 3.05) is 70.2 Å². The lowest BCUT2D eigenvalue weighted by Gasteiger charge is -2.35. The summed E-state index contributed by atoms with van der Waals surface area (Å²) in [6.07, 6.45) is 5.58. The Balaban J connectivity index is 2.67. The number of ether oxygens (including phenoxy) is 1. The Morgan fingerprint density at radius 2 is 1.66 bits per heavy atom. The molecule has 4 unspecified atom stereocenters. The zero-order chi connectivity index (χ0) is 34.3. The van der Waals surface area contributed by atoms with Crippen molar-refractivity contribution in [2.24, 2.45) is 5.73 Å². The first-order valence-electron chi connectivity index (χ1n) is 15.8. The normalized spacial score (nSPS) is 16.8. The number of unbranched alkanes of at least 4 members (excludes halogenated alkanes) is 1. The Labute approximate surface area is 277 Å². The lowest BCUT2D eigenvalue weighted by molar-refractivity contribution is -0.153. The average molecular weight is 700 g/mol. The highest BCUT2D eigenvalue weighted by atomic mass is 32.2. The Bertz CT molecular complexity index is 990. The van der Waals surface area contributed by atoms with Gasteiger partial charge in [-0.1, -0.05) is 13.3 Å². The number of carbonyl (C=O) groups is 6. The van der Waals surface area contributed by atoms with Crippen molar-refractivity contribution in [3.8, 4) is 0 Å². The summed E-state index contributed by atoms with van der Waals surface area (Å²) in [5.74, 6) is -0.122. The molecule has 0 aromatic heterocycles. The molecule has 0 saturated heterocycles. The fraction of sp³-hybridized carbons (Fsp3) is 0.750. The van der Waals surface area contributed by atoms with E-state index in [-0.39, 0.29) is 90.5 Å². The van der Waals surface area contributed by atoms with Crippen LogP contribution in [-0.4, -0.2) is 125 Å². The van der Waals surface area contributed by atoms with Gasteiger partial charge in [0.2, 0.25) is 0 Å². The number of ketones is 3. The summed E-state index contributed by atoms with van der Waals surface area (Å²) in [7, 11) is 1.65. The van der Waals surface area contributed by atoms with Gasteiger partial charge in [0.15, 0.2) is 5.52 Å². The van der Waals surface area contributed by atoms with Crippen molar-refractivity contribution >= 4 is 76.2 Å². The van der Waals surface area contributed by atoms with Crippen molar-refractivity contribution in [3.05, 3.63) is 6.14 Å². The predicted molar refractivity (Wildman–Crippen MR) is 181 cm³/mol. The topological polar surface area (TPSA) is 165 Å². The molecule has 1 rings (SSSR count). The van der Waals surface area contributed by atoms with Crippen LogP contribution in [0.25, 0.3) is 0 Å². The average Bonchev–Trinajstić information content (AvgIpc) is 2.96. The van der Waals surface area contributed by atoms with Crippen molar-refractivity contribution in [1.29, 1.82) is 0 Å². The van der Waals surface area contributed by atoms with E-state index < -0.39 is 17.7 Å². The minimum Gasteiger partial charge on any atom is -0.460 e. The van der Waals surface area contributed by atoms with Crippen molar-refractivity contribution in [3.63, 3.8) is 0 Å². The summed E-state index contributed by atoms with van der Waals surface area (Å²) < 4.78 is 19.3. The summed E-state index contributed by atoms with van der Waals surface area (Å²) >= 11 is 3.98. The second kappa shape index (κ2) is 25.0. The Kier molecular flexibility index (Phi) is 21.3. The number of hydrogen-bond acceptors (Lipinski definition) is 14. The van der Waals surface area contributed by atoms with Crippen LogP contribution in [0.3, 0.4) is 0 Å². The Morgan fingerprint density at radius 3 is 2.25 bits per heavy atom. The monoisotopic (exact) mass is 699 g/mol. The van der Waals surface area contributed by atoms with E-state index in [0.29, 0.717) is 16.9 Å². The molecule has 1 saturated carbocycles. The summed E-state index contributed by atoms with van der Waals surface area (Å²) in [5, 5.41) is 1.33. The molecule has 0 bridgehead atoms. The molecule has 1 aliphatic carbocycles. The molecule has 1 fully saturated rings. The lowest BCUT2D eigenvalue weighted by atomic mass is 9.99. The Hall–Kier alpha value is -1.11. The molecule has 0 radical (unpaired) electrons. The quantitative estimate of drug-likeness (QED) is 0.0381. The molecule has 0 heterocycles. The maximum atomic E-state index is 12.9. The standard InChI is InChI=1S/C28H49N4O8P2S2/c1-3-4-11-43-24-7-8-25(24)44-12-5-6-22(34)16-32(18-27(37)40-30-14-23(35)19-41)10-9-31(15-21(2)33)17-26(36)39-20-42-28(38)13-29/h19,24-25,30,42H,3-18,20,29,41H2,1-2H3/q-1/i19T/hT. The molecular formula is C28H49N4O8P2S2-. The number of esters is 1. The molecule has 0 aromatic rings. The number of hydroxylamine groups is 1. The number of nitrogens with zero attached hydrogens (tertiary/aromatic N) is 2. The van der Waals surface area contributed by atoms with Gasteiger partial charge >= 0.3 is 11.9 Å². The van der Waals surface area contributed by atoms with Gasteiger partial charge in [0.05, 0.1) is 39.3 Å². The van der Waals surface area contributed by atoms with Gasteiger partial charge in [-0.2, -0.15) is 24.9 Å². The number of thioether (sulfide) groups is 2. The smallest absolute Gasteiger partial charge is 0.338 e. The maximum absolute atomic E-state index is 12.9. The van der Waals surface area contributed by atoms with Crippen molar-refractivity contribution in [1.82, 2.24) is 15.3 Å². The van der Waals surface area contributed by atoms with Gasteiger partial charge < -0.3 is 26.2 Å². The van der Waals surface area contributed by atoms with Gasteiger partial charge in [-0.15, -0.1) is 5.48 Å². The number of carbonyl (C=O) groups excluding carboxylic acids is 6. The van der Waals surface area contributed by atoms with E-state index in [0.717, 1.165) is 12.2 Å². The van der Waals surface area contributed by atoms with Gasteiger partial charge in [0.1, 0.15) is 19.3 Å². The highest BCUT2D eigenvalue weighted by molar-refractivity contribution is 8.03. The molecule has 4 atom stereocenters. The minimum absolute atomic E-state index is 0.0422. The number of nitrogens with two attached hydrogens (primary N) is 1. The second-order valence-corrected chi connectivity index (χ2v) is 14.5. The van der Waals surface area contributed by atoms with E-state index in [1.807, 2.05) is 26.7 Å². The van der Waals surface area contributed by atoms with Crippen molar-refractivity contribution in [2.45, 2.75) is 62.9 Å². The van der Waals surface area contributed by atoms with Crippen LogP contribution in [0, 0.1) is 6.14 Å². The SMILES string of the molecule is [3H]NCC(=O)PCOC(=O)CN(CCN(CC(=O)CCCSC1CCC1SCCCC)CC(=O)ONCC(=O)[C-]([3H])P)CC(C)=O. The zero-order valence-electron chi connectivity index (χ0n) is 27.7. The third-order valence-corrected chi connectivity index (χ3v) is 10.8. The van der Waals surface area contributed by atoms with Crippen LogP contribution in [0.1, 0.15) is 53.7 Å². The molecule has 44 heavy (non-hydrogen) atoms. The lowest BCUT2D eigenvalue weighted by Crippen LogP contribution is -2.44. The van der Waals surface area contributed by atoms with Crippen LogP contribution in [0.5, 0.6) is 0 Å². The second-order valence-electron chi connectivity index (χ2n) is 10.3. The predicted octanol–water partition coefficient (Wildman–Crippen LogP) is 1.64. The van der Waals surface area contributed by atoms with Gasteiger partial charge in [-0.25, -0.2) is 4.79 Å². The third kappa shape index (κ3) is 20.1. The van der Waals surface area contributed by atoms with Crippen molar-refractivity contribution < 1.29 is 41.1 Å². The van der Waals surface area contributed by atoms with Crippen LogP contribution in [0.2, 0.25) is 1.41 Å². The molecule has 0 aliphatic heterocycles. The van der Waals surface area contributed by atoms with E-state index in [1.54, 1.807) is 4.90 Å². The molecule has 12 nitrogen and oxygen atoms in total. The maximum Gasteiger partial charge on any atom is 0.338 e. The summed E-state index contributed by atoms with van der Waals surface area (Å²) in [6.45, 7) is 2.74. The van der Waals surface area contributed by atoms with E-state index in [1.165, 1.54) is 43.3 Å². The fourth-order valence-electron chi connectivity index (χ4n) is 3.99. The van der Waals surface area contributed by atoms with E-state index in [2.05, 4.69) is 24.2 Å². The first kappa shape index (κ1) is 37.3. The molecule has 16 heteroatoms. The number of Topliss-reactive ketones (excluding diaryl/α,β-unsaturated/α-hetero) is 3. The first-order valence-corrected chi connectivity index (χ1v) is 18.6. The van der Waals surface area contributed by atoms with Crippen LogP contribution in [0.15, 0.2) is 0 Å². The minimum atomic E-state index is -0.742. The summed E-state index contributed by atoms with van der Waals surface area (Å²) in [4.78, 5) is 80.8. The summed E-state index contributed by atoms with van der Waals surface area (Å²) in [6, 6.07) is 0. The Morgan fingerprint density at radius 1 is 1.02 bits per heavy atom. The zero-order valence-corrected chi connectivity index (χ0v) is 29.5. The van der Waals surface area contributed by atoms with Crippen LogP contribution >= 0.6 is 41.3 Å². The molecule has 0 amide bonds. The molecule has 1 aliphatic rings. The number of hydrogen-bond donors (Lipinski definition) is 2. The number of nitrogens with one attached hydrogen (secondary N) is 1. The largest absolute Gasteiger partial charge is 0.460 e. The van der Waals surface area contributed by atoms with Gasteiger partial charge in [-0.3, -0.25) is 38.2 Å². The molecule has 0 spiro atoms. The van der Waals surface area contributed by atoms with Crippen LogP contribution in [0.4, 0.5) is 0 Å². The van der Waals surface area contributed by atoms with Gasteiger partial charge in [0.25, 0.3) is 0 Å². The van der Waals surface area contributed by atoms with Gasteiger partial charge in [-0.05, 0) is 52.7 Å². The fourth-order valence-corrected chi connectivity index (χ4v) is 7.76. The highest BCUT2D eigenvalue weighted by Gasteiger charge is 2.31. The van der Waals surface area contributed by atoms with E-state index in [9.17, 15) is 28.8 Å². The number of rotatable bonds is 29. The molecule has 252 valence electrons. The highest BCUT2D eigenvalue weighted by Crippen LogP contribution is 2.40. The van der Waals surface area contributed by atoms with Crippen LogP contribution < -0.4 is 11.2 Å². The third-order valence-electron chi connectivity index (χ3n) is 6.44. The molecule has 3 N–H and O–H groups in total. The molecule has 0 aromatic carbocycles. The van der Waals surface area contributed by atoms with Gasteiger partial charge in [0, 0.05) is 35.8 Å². The van der Waals surface area contributed by atoms with E-state index in [4.69, 9.17) is 12.4 Å². The van der Waals surface area contributed by atoms with E-state index >= 15 is 0 Å².